The lowest BCUT2D eigenvalue weighted by molar-refractivity contribution is -0.119. The van der Waals surface area contributed by atoms with Gasteiger partial charge in [-0.15, -0.1) is 0 Å². The van der Waals surface area contributed by atoms with Crippen LogP contribution in [-0.4, -0.2) is 63.6 Å². The van der Waals surface area contributed by atoms with Crippen LogP contribution in [0.3, 0.4) is 0 Å². The Bertz CT molecular complexity index is 689. The van der Waals surface area contributed by atoms with Crippen LogP contribution in [0.2, 0.25) is 0 Å². The second-order valence-corrected chi connectivity index (χ2v) is 6.36. The number of morpholine rings is 1. The second-order valence-electron chi connectivity index (χ2n) is 6.36. The Labute approximate surface area is 145 Å². The van der Waals surface area contributed by atoms with Crippen molar-refractivity contribution < 1.29 is 23.8 Å². The molecule has 0 aliphatic carbocycles. The summed E-state index contributed by atoms with van der Waals surface area (Å²) in [4.78, 5) is 27.3. The zero-order valence-corrected chi connectivity index (χ0v) is 14.1. The number of carbonyl (C=O) groups is 2. The first-order chi connectivity index (χ1) is 12.1. The monoisotopic (exact) mass is 347 g/mol. The smallest absolute Gasteiger partial charge is 0.415 e. The highest BCUT2D eigenvalue weighted by atomic mass is 16.6. The maximum absolute atomic E-state index is 12.3. The number of amides is 2. The van der Waals surface area contributed by atoms with Gasteiger partial charge in [-0.05, 0) is 12.1 Å². The molecule has 134 valence electrons. The van der Waals surface area contributed by atoms with Crippen molar-refractivity contribution in [3.05, 3.63) is 18.2 Å². The van der Waals surface area contributed by atoms with Crippen LogP contribution in [0.15, 0.2) is 18.2 Å². The summed E-state index contributed by atoms with van der Waals surface area (Å²) >= 11 is 0. The lowest BCUT2D eigenvalue weighted by Gasteiger charge is -2.33. The third kappa shape index (κ3) is 2.97. The number of rotatable bonds is 3. The minimum Gasteiger partial charge on any atom is -0.489 e. The van der Waals surface area contributed by atoms with Crippen molar-refractivity contribution in [3.8, 4) is 5.75 Å². The van der Waals surface area contributed by atoms with Crippen molar-refractivity contribution in [1.29, 1.82) is 0 Å². The Morgan fingerprint density at radius 1 is 1.32 bits per heavy atom. The topological polar surface area (TPSA) is 80.3 Å². The molecule has 1 N–H and O–H groups in total. The first-order valence-corrected chi connectivity index (χ1v) is 8.47. The summed E-state index contributed by atoms with van der Waals surface area (Å²) in [5.41, 5.74) is 1.77. The molecule has 8 nitrogen and oxygen atoms in total. The van der Waals surface area contributed by atoms with Gasteiger partial charge in [0, 0.05) is 31.8 Å². The van der Waals surface area contributed by atoms with Crippen molar-refractivity contribution in [2.75, 3.05) is 49.3 Å². The van der Waals surface area contributed by atoms with Gasteiger partial charge in [-0.1, -0.05) is 0 Å². The fourth-order valence-electron chi connectivity index (χ4n) is 3.46. The van der Waals surface area contributed by atoms with Crippen LogP contribution in [0.25, 0.3) is 0 Å². The van der Waals surface area contributed by atoms with Gasteiger partial charge in [0.25, 0.3) is 0 Å². The van der Waals surface area contributed by atoms with E-state index in [2.05, 4.69) is 10.2 Å². The van der Waals surface area contributed by atoms with E-state index in [1.165, 1.54) is 6.92 Å². The van der Waals surface area contributed by atoms with Crippen molar-refractivity contribution in [1.82, 2.24) is 5.32 Å². The molecule has 1 aromatic carbocycles. The lowest BCUT2D eigenvalue weighted by Crippen LogP contribution is -2.47. The van der Waals surface area contributed by atoms with Crippen molar-refractivity contribution in [2.45, 2.75) is 19.1 Å². The minimum atomic E-state index is -0.413. The van der Waals surface area contributed by atoms with E-state index >= 15 is 0 Å². The van der Waals surface area contributed by atoms with E-state index in [0.717, 1.165) is 18.8 Å². The number of anilines is 2. The van der Waals surface area contributed by atoms with Gasteiger partial charge in [0.1, 0.15) is 24.5 Å². The van der Waals surface area contributed by atoms with Crippen LogP contribution in [-0.2, 0) is 14.3 Å². The highest BCUT2D eigenvalue weighted by molar-refractivity contribution is 5.93. The van der Waals surface area contributed by atoms with Gasteiger partial charge in [0.15, 0.2) is 0 Å². The molecule has 0 bridgehead atoms. The van der Waals surface area contributed by atoms with E-state index in [9.17, 15) is 9.59 Å². The van der Waals surface area contributed by atoms with Gasteiger partial charge in [-0.3, -0.25) is 9.69 Å². The number of hydrogen-bond donors (Lipinski definition) is 1. The normalized spacial score (nSPS) is 24.9. The van der Waals surface area contributed by atoms with E-state index in [0.29, 0.717) is 31.3 Å². The SMILES string of the molecule is CC(=O)NC[C@@H]1OC(=O)N2c3ccc(N4CCOCC4)cc3OC[C@@H]12. The Hall–Kier alpha value is -2.48. The molecule has 4 rings (SSSR count). The number of hydrogen-bond acceptors (Lipinski definition) is 6. The molecule has 0 radical (unpaired) electrons. The Balaban J connectivity index is 1.55. The lowest BCUT2D eigenvalue weighted by atomic mass is 10.1. The molecule has 25 heavy (non-hydrogen) atoms. The van der Waals surface area contributed by atoms with Crippen molar-refractivity contribution in [2.24, 2.45) is 0 Å². The van der Waals surface area contributed by atoms with Crippen LogP contribution in [0, 0.1) is 0 Å². The maximum atomic E-state index is 12.3. The fraction of sp³-hybridized carbons (Fsp3) is 0.529. The molecule has 2 atom stereocenters. The van der Waals surface area contributed by atoms with Crippen LogP contribution in [0.1, 0.15) is 6.92 Å². The van der Waals surface area contributed by atoms with E-state index < -0.39 is 12.2 Å². The summed E-state index contributed by atoms with van der Waals surface area (Å²) in [5.74, 6) is 0.527. The highest BCUT2D eigenvalue weighted by Crippen LogP contribution is 2.40. The molecule has 8 heteroatoms. The molecular formula is C17H21N3O5. The molecule has 2 fully saturated rings. The molecule has 3 heterocycles. The van der Waals surface area contributed by atoms with E-state index in [1.807, 2.05) is 18.2 Å². The first kappa shape index (κ1) is 16.0. The molecule has 3 aliphatic heterocycles. The van der Waals surface area contributed by atoms with Gasteiger partial charge in [-0.2, -0.15) is 0 Å². The molecule has 2 amide bonds. The van der Waals surface area contributed by atoms with Gasteiger partial charge in [0.2, 0.25) is 5.91 Å². The van der Waals surface area contributed by atoms with Crippen molar-refractivity contribution in [3.63, 3.8) is 0 Å². The third-order valence-corrected chi connectivity index (χ3v) is 4.75. The molecular weight excluding hydrogens is 326 g/mol. The Kier molecular flexibility index (Phi) is 4.12. The zero-order chi connectivity index (χ0) is 17.4. The van der Waals surface area contributed by atoms with Crippen molar-refractivity contribution >= 4 is 23.4 Å². The average molecular weight is 347 g/mol. The standard InChI is InChI=1S/C17H21N3O5/c1-11(21)18-9-16-14-10-24-15-8-12(19-4-6-23-7-5-19)2-3-13(15)20(14)17(22)25-16/h2-3,8,14,16H,4-7,9-10H2,1H3,(H,18,21)/t14-,16-/m0/s1. The molecule has 1 aromatic rings. The predicted octanol–water partition coefficient (Wildman–Crippen LogP) is 0.745. The average Bonchev–Trinajstić information content (AvgIpc) is 2.96. The first-order valence-electron chi connectivity index (χ1n) is 8.47. The number of benzene rings is 1. The summed E-state index contributed by atoms with van der Waals surface area (Å²) in [6.07, 6.45) is -0.813. The number of ether oxygens (including phenoxy) is 3. The summed E-state index contributed by atoms with van der Waals surface area (Å²) in [5, 5.41) is 2.70. The number of carbonyl (C=O) groups excluding carboxylic acids is 2. The minimum absolute atomic E-state index is 0.151. The molecule has 2 saturated heterocycles. The summed E-state index contributed by atoms with van der Waals surface area (Å²) in [7, 11) is 0. The fourth-order valence-corrected chi connectivity index (χ4v) is 3.46. The van der Waals surface area contributed by atoms with E-state index in [4.69, 9.17) is 14.2 Å². The number of nitrogens with one attached hydrogen (secondary N) is 1. The summed E-state index contributed by atoms with van der Waals surface area (Å²) < 4.78 is 16.7. The Morgan fingerprint density at radius 3 is 2.88 bits per heavy atom. The van der Waals surface area contributed by atoms with E-state index in [-0.39, 0.29) is 18.5 Å². The van der Waals surface area contributed by atoms with Crippen LogP contribution < -0.4 is 19.9 Å². The quantitative estimate of drug-likeness (QED) is 0.869. The van der Waals surface area contributed by atoms with Gasteiger partial charge in [0.05, 0.1) is 25.4 Å². The van der Waals surface area contributed by atoms with Gasteiger partial charge >= 0.3 is 6.09 Å². The van der Waals surface area contributed by atoms with Gasteiger partial charge < -0.3 is 24.4 Å². The molecule has 0 unspecified atom stereocenters. The summed E-state index contributed by atoms with van der Waals surface area (Å²) in [6.45, 7) is 5.17. The molecule has 0 saturated carbocycles. The third-order valence-electron chi connectivity index (χ3n) is 4.75. The Morgan fingerprint density at radius 2 is 2.12 bits per heavy atom. The maximum Gasteiger partial charge on any atom is 0.415 e. The highest BCUT2D eigenvalue weighted by Gasteiger charge is 2.46. The van der Waals surface area contributed by atoms with Crippen LogP contribution in [0.5, 0.6) is 5.75 Å². The second kappa shape index (κ2) is 6.44. The molecule has 0 spiro atoms. The van der Waals surface area contributed by atoms with Gasteiger partial charge in [-0.25, -0.2) is 4.79 Å². The predicted molar refractivity (Wildman–Crippen MR) is 90.2 cm³/mol. The van der Waals surface area contributed by atoms with E-state index in [1.54, 1.807) is 4.90 Å². The zero-order valence-electron chi connectivity index (χ0n) is 14.1. The number of cyclic esters (lactones) is 1. The largest absolute Gasteiger partial charge is 0.489 e. The summed E-state index contributed by atoms with van der Waals surface area (Å²) in [6, 6.07) is 5.62. The van der Waals surface area contributed by atoms with Crippen LogP contribution in [0.4, 0.5) is 16.2 Å². The number of nitrogens with zero attached hydrogens (tertiary/aromatic N) is 2. The number of fused-ring (bicyclic) bond motifs is 3. The molecule has 3 aliphatic rings. The van der Waals surface area contributed by atoms with Crippen LogP contribution >= 0.6 is 0 Å². The molecule has 0 aromatic heterocycles.